The molecule has 8 nitrogen and oxygen atoms in total. The van der Waals surface area contributed by atoms with Gasteiger partial charge in [-0.1, -0.05) is 53.7 Å². The van der Waals surface area contributed by atoms with E-state index in [0.29, 0.717) is 23.1 Å². The van der Waals surface area contributed by atoms with Crippen LogP contribution in [0.4, 0.5) is 0 Å². The Balaban J connectivity index is 1.37. The number of amides is 1. The number of hydrogen-bond donors (Lipinski definition) is 0. The summed E-state index contributed by atoms with van der Waals surface area (Å²) in [5, 5.41) is 15.1. The van der Waals surface area contributed by atoms with E-state index in [1.807, 2.05) is 72.2 Å². The van der Waals surface area contributed by atoms with Gasteiger partial charge in [0, 0.05) is 6.42 Å². The van der Waals surface area contributed by atoms with Crippen molar-refractivity contribution in [1.82, 2.24) is 19.8 Å². The molecule has 1 amide bonds. The smallest absolute Gasteiger partial charge is 0.253 e. The first-order valence-electron chi connectivity index (χ1n) is 10.8. The molecule has 172 valence electrons. The number of nitrogens with zero attached hydrogens (tertiary/aromatic N) is 5. The number of aryl methyl sites for hydroxylation is 1. The Hall–Kier alpha value is -3.85. The maximum atomic E-state index is 13.3. The SMILES string of the molecule is COc1ccccc1-n1cnnc1SCC(=O)N1N=C(c2ccc(C)cc2)CC1c1ccco1. The van der Waals surface area contributed by atoms with Crippen molar-refractivity contribution in [2.75, 3.05) is 12.9 Å². The number of carbonyl (C=O) groups is 1. The number of thioether (sulfide) groups is 1. The summed E-state index contributed by atoms with van der Waals surface area (Å²) >= 11 is 1.30. The molecule has 2 aromatic heterocycles. The number of rotatable bonds is 7. The van der Waals surface area contributed by atoms with Gasteiger partial charge in [0.05, 0.1) is 30.5 Å². The predicted octanol–water partition coefficient (Wildman–Crippen LogP) is 4.65. The van der Waals surface area contributed by atoms with Gasteiger partial charge in [0.1, 0.15) is 23.9 Å². The lowest BCUT2D eigenvalue weighted by atomic mass is 10.0. The molecule has 3 heterocycles. The Bertz CT molecular complexity index is 1310. The van der Waals surface area contributed by atoms with E-state index in [2.05, 4.69) is 10.2 Å². The minimum Gasteiger partial charge on any atom is -0.495 e. The molecule has 0 spiro atoms. The van der Waals surface area contributed by atoms with Crippen molar-refractivity contribution in [3.63, 3.8) is 0 Å². The first kappa shape index (κ1) is 22.0. The van der Waals surface area contributed by atoms with Gasteiger partial charge in [-0.25, -0.2) is 5.01 Å². The van der Waals surface area contributed by atoms with Crippen molar-refractivity contribution in [2.24, 2.45) is 5.10 Å². The molecule has 0 fully saturated rings. The largest absolute Gasteiger partial charge is 0.495 e. The summed E-state index contributed by atoms with van der Waals surface area (Å²) < 4.78 is 12.9. The Labute approximate surface area is 201 Å². The molecule has 1 aliphatic heterocycles. The summed E-state index contributed by atoms with van der Waals surface area (Å²) in [5.74, 6) is 1.42. The molecule has 9 heteroatoms. The molecule has 0 saturated carbocycles. The topological polar surface area (TPSA) is 85.8 Å². The molecule has 0 radical (unpaired) electrons. The highest BCUT2D eigenvalue weighted by atomic mass is 32.2. The second-order valence-electron chi connectivity index (χ2n) is 7.83. The number of para-hydroxylation sites is 2. The number of hydrazone groups is 1. The molecule has 1 unspecified atom stereocenters. The third kappa shape index (κ3) is 4.34. The van der Waals surface area contributed by atoms with Crippen LogP contribution < -0.4 is 4.74 Å². The van der Waals surface area contributed by atoms with Gasteiger partial charge < -0.3 is 9.15 Å². The van der Waals surface area contributed by atoms with Crippen molar-refractivity contribution >= 4 is 23.4 Å². The zero-order chi connectivity index (χ0) is 23.5. The van der Waals surface area contributed by atoms with Crippen LogP contribution in [0.2, 0.25) is 0 Å². The lowest BCUT2D eigenvalue weighted by Crippen LogP contribution is -2.28. The minimum absolute atomic E-state index is 0.136. The standard InChI is InChI=1S/C25H23N5O3S/c1-17-9-11-18(12-10-17)19-14-21(23-8-5-13-33-23)30(28-19)24(31)15-34-25-27-26-16-29(25)20-6-3-4-7-22(20)32-2/h3-13,16,21H,14-15H2,1-2H3. The van der Waals surface area contributed by atoms with Gasteiger partial charge in [0.25, 0.3) is 5.91 Å². The molecule has 1 aliphatic rings. The molecule has 0 N–H and O–H groups in total. The summed E-state index contributed by atoms with van der Waals surface area (Å²) in [6, 6.07) is 19.2. The van der Waals surface area contributed by atoms with Crippen molar-refractivity contribution in [3.8, 4) is 11.4 Å². The Morgan fingerprint density at radius 3 is 2.74 bits per heavy atom. The molecule has 5 rings (SSSR count). The van der Waals surface area contributed by atoms with Crippen molar-refractivity contribution < 1.29 is 13.9 Å². The third-order valence-electron chi connectivity index (χ3n) is 5.61. The Morgan fingerprint density at radius 2 is 1.97 bits per heavy atom. The molecule has 0 saturated heterocycles. The lowest BCUT2D eigenvalue weighted by molar-refractivity contribution is -0.130. The van der Waals surface area contributed by atoms with Gasteiger partial charge in [0.2, 0.25) is 0 Å². The molecule has 0 aliphatic carbocycles. The van der Waals surface area contributed by atoms with Crippen LogP contribution in [0.25, 0.3) is 5.69 Å². The van der Waals surface area contributed by atoms with Gasteiger partial charge in [-0.2, -0.15) is 5.10 Å². The average Bonchev–Trinajstić information content (AvgIpc) is 3.63. The predicted molar refractivity (Wildman–Crippen MR) is 129 cm³/mol. The van der Waals surface area contributed by atoms with E-state index < -0.39 is 0 Å². The fourth-order valence-corrected chi connectivity index (χ4v) is 4.65. The zero-order valence-corrected chi connectivity index (χ0v) is 19.6. The van der Waals surface area contributed by atoms with Crippen LogP contribution in [-0.2, 0) is 4.79 Å². The van der Waals surface area contributed by atoms with E-state index in [-0.39, 0.29) is 17.7 Å². The monoisotopic (exact) mass is 473 g/mol. The van der Waals surface area contributed by atoms with Gasteiger partial charge >= 0.3 is 0 Å². The van der Waals surface area contributed by atoms with E-state index in [0.717, 1.165) is 17.0 Å². The number of furan rings is 1. The Morgan fingerprint density at radius 1 is 1.15 bits per heavy atom. The molecule has 4 aromatic rings. The number of carbonyl (C=O) groups excluding carboxylic acids is 1. The van der Waals surface area contributed by atoms with E-state index in [1.54, 1.807) is 19.7 Å². The molecule has 1 atom stereocenters. The maximum Gasteiger partial charge on any atom is 0.253 e. The van der Waals surface area contributed by atoms with Gasteiger partial charge in [-0.15, -0.1) is 10.2 Å². The lowest BCUT2D eigenvalue weighted by Gasteiger charge is -2.19. The second-order valence-corrected chi connectivity index (χ2v) is 8.77. The number of benzene rings is 2. The van der Waals surface area contributed by atoms with Gasteiger partial charge in [-0.05, 0) is 36.8 Å². The highest BCUT2D eigenvalue weighted by molar-refractivity contribution is 7.99. The summed E-state index contributed by atoms with van der Waals surface area (Å²) in [4.78, 5) is 13.3. The van der Waals surface area contributed by atoms with Crippen LogP contribution in [0.3, 0.4) is 0 Å². The van der Waals surface area contributed by atoms with E-state index in [1.165, 1.54) is 22.3 Å². The van der Waals surface area contributed by atoms with Crippen LogP contribution in [0.15, 0.2) is 87.9 Å². The molecule has 0 bridgehead atoms. The van der Waals surface area contributed by atoms with Crippen molar-refractivity contribution in [1.29, 1.82) is 0 Å². The molecule has 2 aromatic carbocycles. The average molecular weight is 474 g/mol. The van der Waals surface area contributed by atoms with Crippen LogP contribution in [0, 0.1) is 6.92 Å². The fraction of sp³-hybridized carbons (Fsp3) is 0.200. The van der Waals surface area contributed by atoms with Crippen molar-refractivity contribution in [3.05, 3.63) is 90.1 Å². The quantitative estimate of drug-likeness (QED) is 0.363. The first-order chi connectivity index (χ1) is 16.6. The van der Waals surface area contributed by atoms with Gasteiger partial charge in [0.15, 0.2) is 5.16 Å². The summed E-state index contributed by atoms with van der Waals surface area (Å²) in [5.41, 5.74) is 3.84. The first-order valence-corrected chi connectivity index (χ1v) is 11.8. The van der Waals surface area contributed by atoms with Gasteiger partial charge in [-0.3, -0.25) is 9.36 Å². The molecular formula is C25H23N5O3S. The highest BCUT2D eigenvalue weighted by Crippen LogP contribution is 2.34. The van der Waals surface area contributed by atoms with E-state index in [9.17, 15) is 4.79 Å². The maximum absolute atomic E-state index is 13.3. The number of aromatic nitrogens is 3. The van der Waals surface area contributed by atoms with Crippen LogP contribution in [0.5, 0.6) is 5.75 Å². The fourth-order valence-electron chi connectivity index (χ4n) is 3.87. The third-order valence-corrected chi connectivity index (χ3v) is 6.54. The summed E-state index contributed by atoms with van der Waals surface area (Å²) in [6.07, 6.45) is 3.82. The number of methoxy groups -OCH3 is 1. The van der Waals surface area contributed by atoms with E-state index in [4.69, 9.17) is 14.3 Å². The molecular weight excluding hydrogens is 450 g/mol. The normalized spacial score (nSPS) is 15.4. The second kappa shape index (κ2) is 9.56. The summed E-state index contributed by atoms with van der Waals surface area (Å²) in [7, 11) is 1.62. The van der Waals surface area contributed by atoms with E-state index >= 15 is 0 Å². The number of hydrogen-bond acceptors (Lipinski definition) is 7. The highest BCUT2D eigenvalue weighted by Gasteiger charge is 2.35. The minimum atomic E-state index is -0.286. The van der Waals surface area contributed by atoms with Crippen molar-refractivity contribution in [2.45, 2.75) is 24.5 Å². The molecule has 34 heavy (non-hydrogen) atoms. The zero-order valence-electron chi connectivity index (χ0n) is 18.8. The Kier molecular flexibility index (Phi) is 6.18. The number of ether oxygens (including phenoxy) is 1. The van der Waals surface area contributed by atoms with Crippen LogP contribution in [0.1, 0.15) is 29.3 Å². The van der Waals surface area contributed by atoms with Crippen LogP contribution in [-0.4, -0.2) is 44.3 Å². The van der Waals surface area contributed by atoms with Crippen LogP contribution >= 0.6 is 11.8 Å². The summed E-state index contributed by atoms with van der Waals surface area (Å²) in [6.45, 7) is 2.04.